The first kappa shape index (κ1) is 19.8. The molecule has 1 aromatic rings. The zero-order chi connectivity index (χ0) is 19.1. The Balaban J connectivity index is 1.96. The van der Waals surface area contributed by atoms with E-state index in [2.05, 4.69) is 5.32 Å². The van der Waals surface area contributed by atoms with E-state index in [9.17, 15) is 14.4 Å². The predicted molar refractivity (Wildman–Crippen MR) is 96.4 cm³/mol. The maximum absolute atomic E-state index is 12.2. The van der Waals surface area contributed by atoms with Crippen LogP contribution in [0, 0.1) is 13.8 Å². The summed E-state index contributed by atoms with van der Waals surface area (Å²) in [6.45, 7) is 5.29. The molecule has 0 atom stereocenters. The second kappa shape index (κ2) is 9.22. The number of carbonyl (C=O) groups excluding carboxylic acids is 2. The molecule has 0 aliphatic carbocycles. The molecule has 142 valence electrons. The molecule has 7 nitrogen and oxygen atoms in total. The van der Waals surface area contributed by atoms with E-state index in [1.165, 1.54) is 6.42 Å². The third kappa shape index (κ3) is 5.47. The molecule has 0 bridgehead atoms. The van der Waals surface area contributed by atoms with Crippen LogP contribution >= 0.6 is 0 Å². The van der Waals surface area contributed by atoms with Crippen LogP contribution in [-0.4, -0.2) is 54.0 Å². The summed E-state index contributed by atoms with van der Waals surface area (Å²) in [6, 6.07) is 3.37. The number of carboxylic acid groups (broad SMARTS) is 1. The lowest BCUT2D eigenvalue weighted by Crippen LogP contribution is -2.38. The Bertz CT molecular complexity index is 658. The first-order valence-electron chi connectivity index (χ1n) is 8.90. The average molecular weight is 362 g/mol. The monoisotopic (exact) mass is 362 g/mol. The van der Waals surface area contributed by atoms with Crippen molar-refractivity contribution < 1.29 is 24.2 Å². The maximum Gasteiger partial charge on any atom is 0.305 e. The van der Waals surface area contributed by atoms with Crippen molar-refractivity contribution in [3.63, 3.8) is 0 Å². The van der Waals surface area contributed by atoms with Gasteiger partial charge < -0.3 is 20.1 Å². The van der Waals surface area contributed by atoms with Crippen LogP contribution in [0.2, 0.25) is 0 Å². The Morgan fingerprint density at radius 2 is 1.73 bits per heavy atom. The van der Waals surface area contributed by atoms with Gasteiger partial charge in [0, 0.05) is 25.2 Å². The van der Waals surface area contributed by atoms with Crippen LogP contribution in [0.15, 0.2) is 12.1 Å². The normalized spacial score (nSPS) is 14.0. The SMILES string of the molecule is Cc1cc(C(=O)NCCC(=O)O)cc(C)c1OCC(=O)N1CCCCC1. The van der Waals surface area contributed by atoms with Crippen molar-refractivity contribution in [3.05, 3.63) is 28.8 Å². The molecular formula is C19H26N2O5. The van der Waals surface area contributed by atoms with Gasteiger partial charge in [-0.2, -0.15) is 0 Å². The Kier molecular flexibility index (Phi) is 7.00. The summed E-state index contributed by atoms with van der Waals surface area (Å²) in [6.07, 6.45) is 3.12. The number of likely N-dealkylation sites (tertiary alicyclic amines) is 1. The van der Waals surface area contributed by atoms with Crippen LogP contribution in [0.25, 0.3) is 0 Å². The van der Waals surface area contributed by atoms with Gasteiger partial charge in [-0.05, 0) is 56.4 Å². The minimum absolute atomic E-state index is 0.00810. The molecule has 2 N–H and O–H groups in total. The number of hydrogen-bond acceptors (Lipinski definition) is 4. The van der Waals surface area contributed by atoms with Crippen molar-refractivity contribution in [2.45, 2.75) is 39.5 Å². The van der Waals surface area contributed by atoms with E-state index in [4.69, 9.17) is 9.84 Å². The summed E-state index contributed by atoms with van der Waals surface area (Å²) < 4.78 is 5.73. The zero-order valence-electron chi connectivity index (χ0n) is 15.3. The molecule has 26 heavy (non-hydrogen) atoms. The van der Waals surface area contributed by atoms with Gasteiger partial charge in [0.2, 0.25) is 0 Å². The van der Waals surface area contributed by atoms with Crippen LogP contribution in [-0.2, 0) is 9.59 Å². The zero-order valence-corrected chi connectivity index (χ0v) is 15.3. The largest absolute Gasteiger partial charge is 0.483 e. The van der Waals surface area contributed by atoms with Gasteiger partial charge in [0.1, 0.15) is 5.75 Å². The van der Waals surface area contributed by atoms with Crippen molar-refractivity contribution in [1.82, 2.24) is 10.2 Å². The molecule has 1 aliphatic rings. The first-order valence-corrected chi connectivity index (χ1v) is 8.90. The second-order valence-corrected chi connectivity index (χ2v) is 6.57. The van der Waals surface area contributed by atoms with Gasteiger partial charge in [-0.3, -0.25) is 14.4 Å². The molecule has 0 unspecified atom stereocenters. The molecule has 0 aromatic heterocycles. The Morgan fingerprint density at radius 3 is 2.31 bits per heavy atom. The molecule has 1 aliphatic heterocycles. The summed E-state index contributed by atoms with van der Waals surface area (Å²) in [7, 11) is 0. The fraction of sp³-hybridized carbons (Fsp3) is 0.526. The molecule has 2 rings (SSSR count). The van der Waals surface area contributed by atoms with E-state index in [1.807, 2.05) is 18.7 Å². The number of piperidine rings is 1. The third-order valence-corrected chi connectivity index (χ3v) is 4.40. The van der Waals surface area contributed by atoms with Gasteiger partial charge in [0.25, 0.3) is 11.8 Å². The molecule has 0 saturated carbocycles. The highest BCUT2D eigenvalue weighted by Crippen LogP contribution is 2.25. The minimum atomic E-state index is -0.959. The van der Waals surface area contributed by atoms with Gasteiger partial charge in [-0.15, -0.1) is 0 Å². The smallest absolute Gasteiger partial charge is 0.305 e. The van der Waals surface area contributed by atoms with Gasteiger partial charge in [-0.25, -0.2) is 0 Å². The first-order chi connectivity index (χ1) is 12.4. The number of nitrogens with zero attached hydrogens (tertiary/aromatic N) is 1. The van der Waals surface area contributed by atoms with Crippen LogP contribution in [0.5, 0.6) is 5.75 Å². The number of aliphatic carboxylic acids is 1. The number of ether oxygens (including phenoxy) is 1. The summed E-state index contributed by atoms with van der Waals surface area (Å²) in [5, 5.41) is 11.2. The van der Waals surface area contributed by atoms with E-state index < -0.39 is 5.97 Å². The number of amides is 2. The number of aryl methyl sites for hydroxylation is 2. The summed E-state index contributed by atoms with van der Waals surface area (Å²) >= 11 is 0. The highest BCUT2D eigenvalue weighted by Gasteiger charge is 2.18. The van der Waals surface area contributed by atoms with Gasteiger partial charge >= 0.3 is 5.97 Å². The lowest BCUT2D eigenvalue weighted by molar-refractivity contribution is -0.137. The molecule has 1 aromatic carbocycles. The van der Waals surface area contributed by atoms with Gasteiger partial charge in [0.15, 0.2) is 6.61 Å². The molecule has 0 spiro atoms. The van der Waals surface area contributed by atoms with Crippen molar-refractivity contribution in [1.29, 1.82) is 0 Å². The summed E-state index contributed by atoms with van der Waals surface area (Å²) in [5.74, 6) is -0.690. The highest BCUT2D eigenvalue weighted by atomic mass is 16.5. The molecule has 1 saturated heterocycles. The quantitative estimate of drug-likeness (QED) is 0.772. The third-order valence-electron chi connectivity index (χ3n) is 4.40. The molecule has 0 radical (unpaired) electrons. The topological polar surface area (TPSA) is 95.9 Å². The van der Waals surface area contributed by atoms with E-state index in [0.717, 1.165) is 37.1 Å². The van der Waals surface area contributed by atoms with E-state index >= 15 is 0 Å². The lowest BCUT2D eigenvalue weighted by atomic mass is 10.0. The standard InChI is InChI=1S/C19H26N2O5/c1-13-10-15(19(25)20-7-6-17(23)24)11-14(2)18(13)26-12-16(22)21-8-4-3-5-9-21/h10-11H,3-9,12H2,1-2H3,(H,20,25)(H,23,24). The van der Waals surface area contributed by atoms with Crippen molar-refractivity contribution in [2.24, 2.45) is 0 Å². The van der Waals surface area contributed by atoms with Crippen molar-refractivity contribution >= 4 is 17.8 Å². The van der Waals surface area contributed by atoms with E-state index in [-0.39, 0.29) is 31.4 Å². The Morgan fingerprint density at radius 1 is 1.12 bits per heavy atom. The van der Waals surface area contributed by atoms with Gasteiger partial charge in [0.05, 0.1) is 6.42 Å². The fourth-order valence-electron chi connectivity index (χ4n) is 3.06. The maximum atomic E-state index is 12.2. The molecular weight excluding hydrogens is 336 g/mol. The lowest BCUT2D eigenvalue weighted by Gasteiger charge is -2.26. The van der Waals surface area contributed by atoms with E-state index in [0.29, 0.717) is 11.3 Å². The molecule has 1 heterocycles. The number of carboxylic acids is 1. The van der Waals surface area contributed by atoms with Crippen LogP contribution < -0.4 is 10.1 Å². The molecule has 7 heteroatoms. The summed E-state index contributed by atoms with van der Waals surface area (Å²) in [4.78, 5) is 36.7. The van der Waals surface area contributed by atoms with Gasteiger partial charge in [-0.1, -0.05) is 0 Å². The number of benzene rings is 1. The fourth-order valence-corrected chi connectivity index (χ4v) is 3.06. The molecule has 1 fully saturated rings. The van der Waals surface area contributed by atoms with E-state index in [1.54, 1.807) is 12.1 Å². The predicted octanol–water partition coefficient (Wildman–Crippen LogP) is 1.90. The number of hydrogen-bond donors (Lipinski definition) is 2. The van der Waals surface area contributed by atoms with Crippen molar-refractivity contribution in [2.75, 3.05) is 26.2 Å². The second-order valence-electron chi connectivity index (χ2n) is 6.57. The van der Waals surface area contributed by atoms with Crippen LogP contribution in [0.1, 0.15) is 47.2 Å². The minimum Gasteiger partial charge on any atom is -0.483 e. The number of rotatable bonds is 7. The Labute approximate surface area is 153 Å². The average Bonchev–Trinajstić information content (AvgIpc) is 2.61. The molecule has 2 amide bonds. The highest BCUT2D eigenvalue weighted by molar-refractivity contribution is 5.95. The van der Waals surface area contributed by atoms with Crippen LogP contribution in [0.4, 0.5) is 0 Å². The Hall–Kier alpha value is -2.57. The number of nitrogens with one attached hydrogen (secondary N) is 1. The van der Waals surface area contributed by atoms with Crippen molar-refractivity contribution in [3.8, 4) is 5.75 Å². The summed E-state index contributed by atoms with van der Waals surface area (Å²) in [5.41, 5.74) is 1.97. The van der Waals surface area contributed by atoms with Crippen LogP contribution in [0.3, 0.4) is 0 Å². The number of carbonyl (C=O) groups is 3.